The van der Waals surface area contributed by atoms with Gasteiger partial charge in [0, 0.05) is 23.1 Å². The molecule has 0 bridgehead atoms. The number of carbonyl (C=O) groups is 1. The third kappa shape index (κ3) is 2.56. The van der Waals surface area contributed by atoms with Gasteiger partial charge < -0.3 is 13.9 Å². The summed E-state index contributed by atoms with van der Waals surface area (Å²) in [5, 5.41) is 0.666. The molecular formula is C15H14O5. The molecule has 104 valence electrons. The summed E-state index contributed by atoms with van der Waals surface area (Å²) in [5.74, 6) is 0.810. The zero-order valence-electron chi connectivity index (χ0n) is 11.4. The molecule has 1 aromatic carbocycles. The number of methoxy groups -OCH3 is 2. The van der Waals surface area contributed by atoms with Gasteiger partial charge in [0.2, 0.25) is 0 Å². The molecule has 0 radical (unpaired) electrons. The van der Waals surface area contributed by atoms with E-state index in [1.165, 1.54) is 33.3 Å². The number of ketones is 1. The highest BCUT2D eigenvalue weighted by atomic mass is 16.5. The summed E-state index contributed by atoms with van der Waals surface area (Å²) in [4.78, 5) is 22.4. The van der Waals surface area contributed by atoms with Gasteiger partial charge in [-0.1, -0.05) is 0 Å². The van der Waals surface area contributed by atoms with E-state index >= 15 is 0 Å². The Morgan fingerprint density at radius 1 is 1.25 bits per heavy atom. The summed E-state index contributed by atoms with van der Waals surface area (Å²) in [6, 6.07) is 4.53. The fourth-order valence-electron chi connectivity index (χ4n) is 1.93. The average Bonchev–Trinajstić information content (AvgIpc) is 2.43. The van der Waals surface area contributed by atoms with Crippen molar-refractivity contribution in [3.8, 4) is 11.5 Å². The zero-order valence-corrected chi connectivity index (χ0v) is 11.4. The third-order valence-electron chi connectivity index (χ3n) is 2.79. The first-order chi connectivity index (χ1) is 9.56. The standard InChI is InChI=1S/C15H14O5/c1-9(16)4-5-11-10-6-7-14(17)20-12(10)8-13(18-2)15(11)19-3/h4-8H,1-3H3/b5-4+. The second-order valence-electron chi connectivity index (χ2n) is 4.14. The Balaban J connectivity index is 2.83. The number of allylic oxidation sites excluding steroid dienone is 1. The first-order valence-electron chi connectivity index (χ1n) is 5.94. The second-order valence-corrected chi connectivity index (χ2v) is 4.14. The Hall–Kier alpha value is -2.56. The van der Waals surface area contributed by atoms with Crippen LogP contribution in [0, 0.1) is 0 Å². The summed E-state index contributed by atoms with van der Waals surface area (Å²) in [6.45, 7) is 1.45. The van der Waals surface area contributed by atoms with E-state index in [9.17, 15) is 9.59 Å². The predicted molar refractivity (Wildman–Crippen MR) is 75.3 cm³/mol. The molecule has 0 N–H and O–H groups in total. The maximum Gasteiger partial charge on any atom is 0.336 e. The van der Waals surface area contributed by atoms with Gasteiger partial charge in [-0.25, -0.2) is 4.79 Å². The maximum atomic E-state index is 11.3. The largest absolute Gasteiger partial charge is 0.493 e. The second kappa shape index (κ2) is 5.61. The fraction of sp³-hybridized carbons (Fsp3) is 0.200. The molecule has 1 aromatic heterocycles. The van der Waals surface area contributed by atoms with Crippen LogP contribution in [0.2, 0.25) is 0 Å². The van der Waals surface area contributed by atoms with Crippen LogP contribution >= 0.6 is 0 Å². The lowest BCUT2D eigenvalue weighted by atomic mass is 10.1. The Labute approximate surface area is 115 Å². The van der Waals surface area contributed by atoms with E-state index in [0.29, 0.717) is 28.0 Å². The molecule has 0 unspecified atom stereocenters. The lowest BCUT2D eigenvalue weighted by Crippen LogP contribution is -1.99. The van der Waals surface area contributed by atoms with Gasteiger partial charge in [0.15, 0.2) is 17.3 Å². The van der Waals surface area contributed by atoms with Crippen molar-refractivity contribution in [2.75, 3.05) is 14.2 Å². The minimum atomic E-state index is -0.453. The van der Waals surface area contributed by atoms with Gasteiger partial charge in [-0.2, -0.15) is 0 Å². The van der Waals surface area contributed by atoms with E-state index in [0.717, 1.165) is 0 Å². The molecule has 5 nitrogen and oxygen atoms in total. The lowest BCUT2D eigenvalue weighted by Gasteiger charge is -2.12. The fourth-order valence-corrected chi connectivity index (χ4v) is 1.93. The van der Waals surface area contributed by atoms with Crippen LogP contribution < -0.4 is 15.1 Å². The minimum Gasteiger partial charge on any atom is -0.493 e. The number of fused-ring (bicyclic) bond motifs is 1. The van der Waals surface area contributed by atoms with Crippen molar-refractivity contribution >= 4 is 22.8 Å². The Bertz CT molecular complexity index is 740. The van der Waals surface area contributed by atoms with Gasteiger partial charge >= 0.3 is 5.63 Å². The Kier molecular flexibility index (Phi) is 3.89. The summed E-state index contributed by atoms with van der Waals surface area (Å²) >= 11 is 0. The summed E-state index contributed by atoms with van der Waals surface area (Å²) in [5.41, 5.74) is 0.547. The first kappa shape index (κ1) is 13.9. The molecule has 0 saturated carbocycles. The number of ether oxygens (including phenoxy) is 2. The summed E-state index contributed by atoms with van der Waals surface area (Å²) in [7, 11) is 3.00. The van der Waals surface area contributed by atoms with Crippen LogP contribution in [-0.4, -0.2) is 20.0 Å². The van der Waals surface area contributed by atoms with Gasteiger partial charge in [-0.3, -0.25) is 4.79 Å². The van der Waals surface area contributed by atoms with Gasteiger partial charge in [0.25, 0.3) is 0 Å². The van der Waals surface area contributed by atoms with Gasteiger partial charge in [-0.15, -0.1) is 0 Å². The quantitative estimate of drug-likeness (QED) is 0.632. The molecule has 0 spiro atoms. The molecular weight excluding hydrogens is 260 g/mol. The van der Waals surface area contributed by atoms with Gasteiger partial charge in [0.05, 0.1) is 14.2 Å². The van der Waals surface area contributed by atoms with Crippen molar-refractivity contribution in [2.45, 2.75) is 6.92 Å². The van der Waals surface area contributed by atoms with E-state index in [4.69, 9.17) is 13.9 Å². The number of rotatable bonds is 4. The van der Waals surface area contributed by atoms with E-state index in [1.54, 1.807) is 18.2 Å². The van der Waals surface area contributed by atoms with Crippen LogP contribution in [-0.2, 0) is 4.79 Å². The summed E-state index contributed by atoms with van der Waals surface area (Å²) < 4.78 is 15.7. The van der Waals surface area contributed by atoms with E-state index < -0.39 is 5.63 Å². The molecule has 1 heterocycles. The topological polar surface area (TPSA) is 65.7 Å². The molecule has 2 aromatic rings. The lowest BCUT2D eigenvalue weighted by molar-refractivity contribution is -0.112. The molecule has 0 saturated heterocycles. The Morgan fingerprint density at radius 3 is 2.60 bits per heavy atom. The number of carbonyl (C=O) groups excluding carboxylic acids is 1. The molecule has 0 amide bonds. The molecule has 0 aliphatic rings. The van der Waals surface area contributed by atoms with E-state index in [-0.39, 0.29) is 5.78 Å². The van der Waals surface area contributed by atoms with Crippen molar-refractivity contribution in [3.05, 3.63) is 40.3 Å². The van der Waals surface area contributed by atoms with Crippen molar-refractivity contribution < 1.29 is 18.7 Å². The molecule has 0 atom stereocenters. The smallest absolute Gasteiger partial charge is 0.336 e. The molecule has 20 heavy (non-hydrogen) atoms. The highest BCUT2D eigenvalue weighted by Crippen LogP contribution is 2.37. The number of benzene rings is 1. The SMILES string of the molecule is COc1cc2oc(=O)ccc2c(/C=C/C(C)=O)c1OC. The highest BCUT2D eigenvalue weighted by molar-refractivity contribution is 5.97. The predicted octanol–water partition coefficient (Wildman–Crippen LogP) is 2.41. The van der Waals surface area contributed by atoms with Crippen molar-refractivity contribution in [1.82, 2.24) is 0 Å². The molecule has 2 rings (SSSR count). The van der Waals surface area contributed by atoms with Gasteiger partial charge in [-0.05, 0) is 25.1 Å². The maximum absolute atomic E-state index is 11.3. The number of hydrogen-bond acceptors (Lipinski definition) is 5. The third-order valence-corrected chi connectivity index (χ3v) is 2.79. The summed E-state index contributed by atoms with van der Waals surface area (Å²) in [6.07, 6.45) is 3.04. The highest BCUT2D eigenvalue weighted by Gasteiger charge is 2.14. The molecule has 5 heteroatoms. The van der Waals surface area contributed by atoms with E-state index in [1.807, 2.05) is 0 Å². The van der Waals surface area contributed by atoms with Crippen LogP contribution in [0.1, 0.15) is 12.5 Å². The van der Waals surface area contributed by atoms with E-state index in [2.05, 4.69) is 0 Å². The minimum absolute atomic E-state index is 0.0968. The van der Waals surface area contributed by atoms with Crippen molar-refractivity contribution in [2.24, 2.45) is 0 Å². The van der Waals surface area contributed by atoms with Crippen molar-refractivity contribution in [3.63, 3.8) is 0 Å². The molecule has 0 fully saturated rings. The van der Waals surface area contributed by atoms with Gasteiger partial charge in [0.1, 0.15) is 5.58 Å². The number of hydrogen-bond donors (Lipinski definition) is 0. The monoisotopic (exact) mass is 274 g/mol. The van der Waals surface area contributed by atoms with Crippen LogP contribution in [0.25, 0.3) is 17.0 Å². The Morgan fingerprint density at radius 2 is 2.00 bits per heavy atom. The normalized spacial score (nSPS) is 10.9. The van der Waals surface area contributed by atoms with Crippen LogP contribution in [0.5, 0.6) is 11.5 Å². The first-order valence-corrected chi connectivity index (χ1v) is 5.94. The van der Waals surface area contributed by atoms with Crippen LogP contribution in [0.3, 0.4) is 0 Å². The molecule has 0 aliphatic carbocycles. The zero-order chi connectivity index (χ0) is 14.7. The average molecular weight is 274 g/mol. The van der Waals surface area contributed by atoms with Crippen molar-refractivity contribution in [1.29, 1.82) is 0 Å². The van der Waals surface area contributed by atoms with Crippen LogP contribution in [0.15, 0.2) is 33.5 Å². The molecule has 0 aliphatic heterocycles. The van der Waals surface area contributed by atoms with Crippen LogP contribution in [0.4, 0.5) is 0 Å².